The lowest BCUT2D eigenvalue weighted by atomic mass is 9.82. The van der Waals surface area contributed by atoms with Gasteiger partial charge in [0.05, 0.1) is 0 Å². The summed E-state index contributed by atoms with van der Waals surface area (Å²) in [6.45, 7) is 7.36. The van der Waals surface area contributed by atoms with E-state index in [1.807, 2.05) is 6.07 Å². The minimum Gasteiger partial charge on any atom is -0.488 e. The fourth-order valence-corrected chi connectivity index (χ4v) is 6.30. The number of fused-ring (bicyclic) bond motifs is 1. The van der Waals surface area contributed by atoms with Crippen molar-refractivity contribution in [2.45, 2.75) is 32.8 Å². The molecule has 6 aromatic rings. The zero-order chi connectivity index (χ0) is 28.2. The maximum atomic E-state index is 6.56. The lowest BCUT2D eigenvalue weighted by molar-refractivity contribution is 0.308. The van der Waals surface area contributed by atoms with E-state index in [9.17, 15) is 0 Å². The SMILES string of the molecule is CC(C)(C)c1ccc(-c2c(OCc3ccccc3)ccc3ccccc23)c(-c2ccc(Pc3ccccc3)cc2)c1. The van der Waals surface area contributed by atoms with E-state index in [1.54, 1.807) is 0 Å². The van der Waals surface area contributed by atoms with Gasteiger partial charge in [0.25, 0.3) is 0 Å². The molecule has 0 saturated carbocycles. The molecule has 0 N–H and O–H groups in total. The van der Waals surface area contributed by atoms with E-state index in [0.717, 1.165) is 16.9 Å². The Hall–Kier alpha value is -4.19. The van der Waals surface area contributed by atoms with Crippen LogP contribution in [0.25, 0.3) is 33.0 Å². The van der Waals surface area contributed by atoms with Gasteiger partial charge in [-0.1, -0.05) is 157 Å². The second-order valence-electron chi connectivity index (χ2n) is 11.5. The topological polar surface area (TPSA) is 9.23 Å². The first kappa shape index (κ1) is 27.0. The third-order valence-electron chi connectivity index (χ3n) is 7.54. The Balaban J connectivity index is 1.48. The van der Waals surface area contributed by atoms with Crippen molar-refractivity contribution in [1.82, 2.24) is 0 Å². The Kier molecular flexibility index (Phi) is 7.73. The summed E-state index contributed by atoms with van der Waals surface area (Å²) in [4.78, 5) is 0. The van der Waals surface area contributed by atoms with E-state index in [1.165, 1.54) is 43.6 Å². The average Bonchev–Trinajstić information content (AvgIpc) is 3.00. The van der Waals surface area contributed by atoms with Gasteiger partial charge < -0.3 is 4.74 Å². The summed E-state index contributed by atoms with van der Waals surface area (Å²) < 4.78 is 6.56. The highest BCUT2D eigenvalue weighted by atomic mass is 31.1. The van der Waals surface area contributed by atoms with E-state index >= 15 is 0 Å². The molecule has 0 bridgehead atoms. The van der Waals surface area contributed by atoms with Gasteiger partial charge in [-0.2, -0.15) is 0 Å². The van der Waals surface area contributed by atoms with E-state index in [-0.39, 0.29) is 5.41 Å². The van der Waals surface area contributed by atoms with Crippen LogP contribution in [0.3, 0.4) is 0 Å². The average molecular weight is 551 g/mol. The molecule has 0 aliphatic carbocycles. The number of benzene rings is 6. The first-order valence-electron chi connectivity index (χ1n) is 14.2. The standard InChI is InChI=1S/C39H35OP/c1-39(2,3)31-21-24-35(36(26-31)30-18-22-33(23-19-30)41-32-15-8-5-9-16-32)38-34-17-11-10-14-29(34)20-25-37(38)40-27-28-12-6-4-7-13-28/h4-26,41H,27H2,1-3H3. The van der Waals surface area contributed by atoms with Crippen LogP contribution < -0.4 is 15.3 Å². The van der Waals surface area contributed by atoms with Gasteiger partial charge in [0, 0.05) is 5.56 Å². The Morgan fingerprint density at radius 1 is 0.585 bits per heavy atom. The third-order valence-corrected chi connectivity index (χ3v) is 8.79. The maximum absolute atomic E-state index is 6.56. The molecular weight excluding hydrogens is 515 g/mol. The first-order chi connectivity index (χ1) is 20.0. The molecule has 6 aromatic carbocycles. The predicted molar refractivity (Wildman–Crippen MR) is 178 cm³/mol. The highest BCUT2D eigenvalue weighted by Gasteiger charge is 2.20. The van der Waals surface area contributed by atoms with Crippen LogP contribution in [-0.2, 0) is 12.0 Å². The van der Waals surface area contributed by atoms with Crippen LogP contribution in [0.4, 0.5) is 0 Å². The van der Waals surface area contributed by atoms with Crippen molar-refractivity contribution in [1.29, 1.82) is 0 Å². The lowest BCUT2D eigenvalue weighted by Gasteiger charge is -2.23. The van der Waals surface area contributed by atoms with Crippen molar-refractivity contribution in [2.24, 2.45) is 0 Å². The largest absolute Gasteiger partial charge is 0.488 e. The summed E-state index contributed by atoms with van der Waals surface area (Å²) in [6.07, 6.45) is 0. The second-order valence-corrected chi connectivity index (χ2v) is 12.9. The van der Waals surface area contributed by atoms with Gasteiger partial charge in [0.1, 0.15) is 12.4 Å². The molecule has 0 heterocycles. The molecule has 0 amide bonds. The van der Waals surface area contributed by atoms with Gasteiger partial charge in [0.2, 0.25) is 0 Å². The van der Waals surface area contributed by atoms with Crippen LogP contribution in [0, 0.1) is 0 Å². The molecule has 202 valence electrons. The van der Waals surface area contributed by atoms with Gasteiger partial charge in [-0.3, -0.25) is 0 Å². The fraction of sp³-hybridized carbons (Fsp3) is 0.128. The molecule has 0 aromatic heterocycles. The number of hydrogen-bond donors (Lipinski definition) is 0. The Bertz CT molecular complexity index is 1770. The molecule has 1 unspecified atom stereocenters. The molecule has 6 rings (SSSR count). The van der Waals surface area contributed by atoms with Crippen molar-refractivity contribution < 1.29 is 4.74 Å². The molecule has 1 atom stereocenters. The molecule has 0 aliphatic rings. The molecule has 0 radical (unpaired) electrons. The van der Waals surface area contributed by atoms with Gasteiger partial charge in [-0.25, -0.2) is 0 Å². The summed E-state index contributed by atoms with van der Waals surface area (Å²) in [7, 11) is 0.640. The molecule has 41 heavy (non-hydrogen) atoms. The normalized spacial score (nSPS) is 11.8. The number of rotatable bonds is 7. The molecule has 0 saturated heterocycles. The highest BCUT2D eigenvalue weighted by Crippen LogP contribution is 2.43. The minimum atomic E-state index is 0.0350. The monoisotopic (exact) mass is 550 g/mol. The van der Waals surface area contributed by atoms with Crippen LogP contribution in [0.1, 0.15) is 31.9 Å². The molecular formula is C39H35OP. The Morgan fingerprint density at radius 3 is 1.98 bits per heavy atom. The zero-order valence-corrected chi connectivity index (χ0v) is 24.9. The molecule has 2 heteroatoms. The summed E-state index contributed by atoms with van der Waals surface area (Å²) in [5.74, 6) is 0.902. The van der Waals surface area contributed by atoms with Crippen LogP contribution in [0.15, 0.2) is 140 Å². The number of hydrogen-bond acceptors (Lipinski definition) is 1. The molecule has 1 nitrogen and oxygen atoms in total. The second kappa shape index (κ2) is 11.7. The first-order valence-corrected chi connectivity index (χ1v) is 15.2. The van der Waals surface area contributed by atoms with Crippen molar-refractivity contribution in [2.75, 3.05) is 0 Å². The Labute approximate surface area is 245 Å². The van der Waals surface area contributed by atoms with Gasteiger partial charge >= 0.3 is 0 Å². The van der Waals surface area contributed by atoms with Crippen LogP contribution in [0.5, 0.6) is 5.75 Å². The molecule has 0 fully saturated rings. The van der Waals surface area contributed by atoms with Gasteiger partial charge in [-0.05, 0) is 66.7 Å². The zero-order valence-electron chi connectivity index (χ0n) is 23.9. The molecule has 0 aliphatic heterocycles. The van der Waals surface area contributed by atoms with Crippen molar-refractivity contribution >= 4 is 30.0 Å². The van der Waals surface area contributed by atoms with E-state index in [2.05, 4.69) is 154 Å². The third kappa shape index (κ3) is 6.12. The quantitative estimate of drug-likeness (QED) is 0.180. The van der Waals surface area contributed by atoms with Crippen LogP contribution in [-0.4, -0.2) is 0 Å². The summed E-state index contributed by atoms with van der Waals surface area (Å²) in [5.41, 5.74) is 7.29. The maximum Gasteiger partial charge on any atom is 0.128 e. The highest BCUT2D eigenvalue weighted by molar-refractivity contribution is 7.55. The van der Waals surface area contributed by atoms with Gasteiger partial charge in [-0.15, -0.1) is 0 Å². The summed E-state index contributed by atoms with van der Waals surface area (Å²) >= 11 is 0. The lowest BCUT2D eigenvalue weighted by Crippen LogP contribution is -2.11. The predicted octanol–water partition coefficient (Wildman–Crippen LogP) is 9.68. The van der Waals surface area contributed by atoms with E-state index in [4.69, 9.17) is 4.74 Å². The summed E-state index contributed by atoms with van der Waals surface area (Å²) in [6, 6.07) is 50.1. The minimum absolute atomic E-state index is 0.0350. The van der Waals surface area contributed by atoms with Gasteiger partial charge in [0.15, 0.2) is 0 Å². The fourth-order valence-electron chi connectivity index (χ4n) is 5.27. The van der Waals surface area contributed by atoms with E-state index in [0.29, 0.717) is 15.2 Å². The van der Waals surface area contributed by atoms with Crippen LogP contribution in [0.2, 0.25) is 0 Å². The number of ether oxygens (including phenoxy) is 1. The van der Waals surface area contributed by atoms with E-state index < -0.39 is 0 Å². The van der Waals surface area contributed by atoms with Crippen molar-refractivity contribution in [3.63, 3.8) is 0 Å². The van der Waals surface area contributed by atoms with Crippen LogP contribution >= 0.6 is 8.58 Å². The van der Waals surface area contributed by atoms with Crippen molar-refractivity contribution in [3.8, 4) is 28.0 Å². The Morgan fingerprint density at radius 2 is 1.24 bits per heavy atom. The van der Waals surface area contributed by atoms with Crippen molar-refractivity contribution in [3.05, 3.63) is 151 Å². The molecule has 0 spiro atoms. The summed E-state index contributed by atoms with van der Waals surface area (Å²) in [5, 5.41) is 5.10. The smallest absolute Gasteiger partial charge is 0.128 e.